The van der Waals surface area contributed by atoms with Gasteiger partial charge in [0.2, 0.25) is 5.91 Å². The first-order valence-corrected chi connectivity index (χ1v) is 7.17. The first kappa shape index (κ1) is 13.7. The molecule has 0 spiro atoms. The molecule has 1 aromatic carbocycles. The van der Waals surface area contributed by atoms with E-state index >= 15 is 0 Å². The summed E-state index contributed by atoms with van der Waals surface area (Å²) in [6, 6.07) is 7.98. The number of carbonyl (C=O) groups is 1. The summed E-state index contributed by atoms with van der Waals surface area (Å²) in [4.78, 5) is 12.4. The number of rotatable bonds is 3. The maximum absolute atomic E-state index is 12.4. The molecular formula is C16H20N4O. The first-order chi connectivity index (χ1) is 10.1. The van der Waals surface area contributed by atoms with Crippen molar-refractivity contribution in [2.24, 2.45) is 7.05 Å². The lowest BCUT2D eigenvalue weighted by Crippen LogP contribution is -2.30. The van der Waals surface area contributed by atoms with E-state index in [1.165, 1.54) is 0 Å². The number of para-hydroxylation sites is 1. The normalized spacial score (nSPS) is 16.4. The molecule has 5 heteroatoms. The van der Waals surface area contributed by atoms with Crippen molar-refractivity contribution in [2.45, 2.75) is 26.3 Å². The van der Waals surface area contributed by atoms with Crippen LogP contribution in [0.5, 0.6) is 0 Å². The minimum atomic E-state index is -0.113. The Labute approximate surface area is 124 Å². The van der Waals surface area contributed by atoms with Crippen LogP contribution in [0.3, 0.4) is 0 Å². The van der Waals surface area contributed by atoms with Crippen LogP contribution in [-0.2, 0) is 18.4 Å². The van der Waals surface area contributed by atoms with Crippen LogP contribution in [0.1, 0.15) is 28.4 Å². The number of hydrogen-bond acceptors (Lipinski definition) is 3. The van der Waals surface area contributed by atoms with E-state index in [1.807, 2.05) is 49.8 Å². The van der Waals surface area contributed by atoms with Gasteiger partial charge in [0, 0.05) is 37.1 Å². The molecule has 2 N–H and O–H groups in total. The van der Waals surface area contributed by atoms with E-state index in [4.69, 9.17) is 0 Å². The maximum atomic E-state index is 12.4. The quantitative estimate of drug-likeness (QED) is 0.904. The molecule has 0 radical (unpaired) electrons. The van der Waals surface area contributed by atoms with E-state index in [1.54, 1.807) is 0 Å². The first-order valence-electron chi connectivity index (χ1n) is 7.17. The van der Waals surface area contributed by atoms with Crippen molar-refractivity contribution < 1.29 is 4.79 Å². The Morgan fingerprint density at radius 2 is 2.19 bits per heavy atom. The summed E-state index contributed by atoms with van der Waals surface area (Å²) in [6.07, 6.45) is 0. The monoisotopic (exact) mass is 284 g/mol. The molecule has 110 valence electrons. The standard InChI is InChI=1S/C16H20N4O/c1-10-13(11(2)20(3)19-10)8-18-16(21)14-9-17-15-7-5-4-6-12(14)15/h4-7,14,17H,8-9H2,1-3H3,(H,18,21). The highest BCUT2D eigenvalue weighted by Gasteiger charge is 2.28. The van der Waals surface area contributed by atoms with Gasteiger partial charge in [0.1, 0.15) is 0 Å². The minimum absolute atomic E-state index is 0.0649. The molecule has 5 nitrogen and oxygen atoms in total. The fourth-order valence-electron chi connectivity index (χ4n) is 2.89. The zero-order chi connectivity index (χ0) is 15.0. The van der Waals surface area contributed by atoms with Gasteiger partial charge in [0.25, 0.3) is 0 Å². The molecule has 1 unspecified atom stereocenters. The molecule has 3 rings (SSSR count). The van der Waals surface area contributed by atoms with Crippen LogP contribution in [0.25, 0.3) is 0 Å². The molecule has 1 aliphatic rings. The van der Waals surface area contributed by atoms with Gasteiger partial charge in [0.05, 0.1) is 11.6 Å². The van der Waals surface area contributed by atoms with Crippen molar-refractivity contribution in [1.82, 2.24) is 15.1 Å². The highest BCUT2D eigenvalue weighted by molar-refractivity contribution is 5.88. The number of carbonyl (C=O) groups excluding carboxylic acids is 1. The smallest absolute Gasteiger partial charge is 0.229 e. The third-order valence-corrected chi connectivity index (χ3v) is 4.25. The van der Waals surface area contributed by atoms with E-state index in [0.717, 1.165) is 28.2 Å². The highest BCUT2D eigenvalue weighted by Crippen LogP contribution is 2.31. The van der Waals surface area contributed by atoms with Crippen molar-refractivity contribution in [3.05, 3.63) is 46.8 Å². The summed E-state index contributed by atoms with van der Waals surface area (Å²) in [5.74, 6) is -0.0476. The molecular weight excluding hydrogens is 264 g/mol. The summed E-state index contributed by atoms with van der Waals surface area (Å²) in [7, 11) is 1.92. The molecule has 1 atom stereocenters. The van der Waals surface area contributed by atoms with Crippen molar-refractivity contribution in [1.29, 1.82) is 0 Å². The second-order valence-electron chi connectivity index (χ2n) is 5.51. The number of aromatic nitrogens is 2. The maximum Gasteiger partial charge on any atom is 0.229 e. The van der Waals surface area contributed by atoms with Crippen molar-refractivity contribution in [3.8, 4) is 0 Å². The predicted octanol–water partition coefficient (Wildman–Crippen LogP) is 1.86. The average Bonchev–Trinajstić information content (AvgIpc) is 3.00. The molecule has 0 saturated heterocycles. The van der Waals surface area contributed by atoms with Gasteiger partial charge in [-0.3, -0.25) is 9.48 Å². The Morgan fingerprint density at radius 1 is 1.43 bits per heavy atom. The van der Waals surface area contributed by atoms with Crippen LogP contribution in [-0.4, -0.2) is 22.2 Å². The predicted molar refractivity (Wildman–Crippen MR) is 82.2 cm³/mol. The Bertz CT molecular complexity index is 690. The number of benzene rings is 1. The lowest BCUT2D eigenvalue weighted by atomic mass is 10.0. The Balaban J connectivity index is 1.71. The summed E-state index contributed by atoms with van der Waals surface area (Å²) in [5, 5.41) is 10.7. The van der Waals surface area contributed by atoms with Gasteiger partial charge in [-0.25, -0.2) is 0 Å². The fraction of sp³-hybridized carbons (Fsp3) is 0.375. The van der Waals surface area contributed by atoms with Crippen LogP contribution < -0.4 is 10.6 Å². The Hall–Kier alpha value is -2.30. The lowest BCUT2D eigenvalue weighted by molar-refractivity contribution is -0.122. The zero-order valence-electron chi connectivity index (χ0n) is 12.6. The van der Waals surface area contributed by atoms with Gasteiger partial charge < -0.3 is 10.6 Å². The third-order valence-electron chi connectivity index (χ3n) is 4.25. The van der Waals surface area contributed by atoms with Gasteiger partial charge in [-0.1, -0.05) is 18.2 Å². The van der Waals surface area contributed by atoms with Crippen LogP contribution in [0.2, 0.25) is 0 Å². The van der Waals surface area contributed by atoms with Gasteiger partial charge in [-0.15, -0.1) is 0 Å². The van der Waals surface area contributed by atoms with Crippen LogP contribution in [0.15, 0.2) is 24.3 Å². The van der Waals surface area contributed by atoms with Gasteiger partial charge in [0.15, 0.2) is 0 Å². The molecule has 0 saturated carbocycles. The SMILES string of the molecule is Cc1nn(C)c(C)c1CNC(=O)C1CNc2ccccc21. The Morgan fingerprint density at radius 3 is 2.90 bits per heavy atom. The van der Waals surface area contributed by atoms with E-state index in [9.17, 15) is 4.79 Å². The second-order valence-corrected chi connectivity index (χ2v) is 5.51. The zero-order valence-corrected chi connectivity index (χ0v) is 12.6. The Kier molecular flexibility index (Phi) is 3.41. The molecule has 1 amide bonds. The average molecular weight is 284 g/mol. The molecule has 1 aliphatic heterocycles. The van der Waals surface area contributed by atoms with Crippen LogP contribution in [0, 0.1) is 13.8 Å². The number of nitrogens with zero attached hydrogens (tertiary/aromatic N) is 2. The molecule has 0 fully saturated rings. The highest BCUT2D eigenvalue weighted by atomic mass is 16.1. The van der Waals surface area contributed by atoms with Crippen LogP contribution in [0.4, 0.5) is 5.69 Å². The largest absolute Gasteiger partial charge is 0.384 e. The number of amides is 1. The lowest BCUT2D eigenvalue weighted by Gasteiger charge is -2.11. The van der Waals surface area contributed by atoms with Gasteiger partial charge in [-0.05, 0) is 25.5 Å². The van der Waals surface area contributed by atoms with E-state index in [2.05, 4.69) is 15.7 Å². The molecule has 21 heavy (non-hydrogen) atoms. The van der Waals surface area contributed by atoms with Crippen molar-refractivity contribution in [3.63, 3.8) is 0 Å². The molecule has 0 aliphatic carbocycles. The number of aryl methyl sites for hydroxylation is 2. The summed E-state index contributed by atoms with van der Waals surface area (Å²) < 4.78 is 1.85. The summed E-state index contributed by atoms with van der Waals surface area (Å²) in [6.45, 7) is 5.19. The summed E-state index contributed by atoms with van der Waals surface area (Å²) in [5.41, 5.74) is 5.31. The molecule has 1 aromatic heterocycles. The van der Waals surface area contributed by atoms with Crippen LogP contribution >= 0.6 is 0 Å². The second kappa shape index (κ2) is 5.24. The molecule has 0 bridgehead atoms. The fourth-order valence-corrected chi connectivity index (χ4v) is 2.89. The van der Waals surface area contributed by atoms with E-state index < -0.39 is 0 Å². The topological polar surface area (TPSA) is 59.0 Å². The summed E-state index contributed by atoms with van der Waals surface area (Å²) >= 11 is 0. The number of fused-ring (bicyclic) bond motifs is 1. The van der Waals surface area contributed by atoms with Gasteiger partial charge >= 0.3 is 0 Å². The minimum Gasteiger partial charge on any atom is -0.384 e. The van der Waals surface area contributed by atoms with Gasteiger partial charge in [-0.2, -0.15) is 5.10 Å². The number of anilines is 1. The third kappa shape index (κ3) is 2.39. The molecule has 2 aromatic rings. The molecule has 2 heterocycles. The van der Waals surface area contributed by atoms with Crippen molar-refractivity contribution >= 4 is 11.6 Å². The van der Waals surface area contributed by atoms with E-state index in [-0.39, 0.29) is 11.8 Å². The number of hydrogen-bond donors (Lipinski definition) is 2. The number of nitrogens with one attached hydrogen (secondary N) is 2. The van der Waals surface area contributed by atoms with Crippen molar-refractivity contribution in [2.75, 3.05) is 11.9 Å². The van der Waals surface area contributed by atoms with E-state index in [0.29, 0.717) is 13.1 Å².